The highest BCUT2D eigenvalue weighted by atomic mass is 32.2. The highest BCUT2D eigenvalue weighted by molar-refractivity contribution is 7.89. The van der Waals surface area contributed by atoms with Gasteiger partial charge >= 0.3 is 0 Å². The molecule has 0 spiro atoms. The van der Waals surface area contributed by atoms with Crippen LogP contribution in [0.2, 0.25) is 0 Å². The first-order valence-corrected chi connectivity index (χ1v) is 11.2. The molecule has 0 bridgehead atoms. The molecule has 0 saturated carbocycles. The van der Waals surface area contributed by atoms with Crippen LogP contribution in [0.4, 0.5) is 0 Å². The Balaban J connectivity index is 1.32. The average Bonchev–Trinajstić information content (AvgIpc) is 3.26. The first-order valence-electron chi connectivity index (χ1n) is 9.74. The van der Waals surface area contributed by atoms with Crippen LogP contribution in [0.1, 0.15) is 10.4 Å². The molecule has 0 radical (unpaired) electrons. The molecule has 152 valence electrons. The number of aromatic nitrogens is 2. The van der Waals surface area contributed by atoms with Crippen molar-refractivity contribution in [2.45, 2.75) is 4.90 Å². The molecule has 1 aromatic heterocycles. The minimum absolute atomic E-state index is 0.103. The predicted molar refractivity (Wildman–Crippen MR) is 115 cm³/mol. The molecule has 1 aliphatic rings. The monoisotopic (exact) mass is 420 g/mol. The fourth-order valence-corrected chi connectivity index (χ4v) is 5.32. The molecule has 7 nitrogen and oxygen atoms in total. The number of rotatable bonds is 3. The number of hydrogen-bond acceptors (Lipinski definition) is 4. The number of sulfonamides is 1. The maximum atomic E-state index is 13.1. The van der Waals surface area contributed by atoms with Crippen LogP contribution in [0.3, 0.4) is 0 Å². The van der Waals surface area contributed by atoms with Gasteiger partial charge in [0.2, 0.25) is 10.0 Å². The molecule has 1 aliphatic heterocycles. The standard InChI is InChI=1S/C22H20N4O3S/c27-22(18-6-8-20-21(14-18)24-15-23-20)25-9-11-26(12-10-25)30(28,29)19-7-5-16-3-1-2-4-17(16)13-19/h1-8,13-15H,9-12H2,(H,23,24). The van der Waals surface area contributed by atoms with Crippen LogP contribution in [0, 0.1) is 0 Å². The van der Waals surface area contributed by atoms with Crippen molar-refractivity contribution in [1.82, 2.24) is 19.2 Å². The zero-order valence-corrected chi connectivity index (χ0v) is 17.0. The zero-order valence-electron chi connectivity index (χ0n) is 16.2. The van der Waals surface area contributed by atoms with Gasteiger partial charge in [0.05, 0.1) is 22.3 Å². The fourth-order valence-electron chi connectivity index (χ4n) is 3.86. The summed E-state index contributed by atoms with van der Waals surface area (Å²) in [4.78, 5) is 22.0. The summed E-state index contributed by atoms with van der Waals surface area (Å²) in [6, 6.07) is 18.2. The number of piperazine rings is 1. The number of hydrogen-bond donors (Lipinski definition) is 1. The van der Waals surface area contributed by atoms with Gasteiger partial charge in [-0.1, -0.05) is 30.3 Å². The number of nitrogens with one attached hydrogen (secondary N) is 1. The normalized spacial score (nSPS) is 15.7. The van der Waals surface area contributed by atoms with E-state index < -0.39 is 10.0 Å². The van der Waals surface area contributed by atoms with Crippen LogP contribution in [-0.2, 0) is 10.0 Å². The topological polar surface area (TPSA) is 86.4 Å². The van der Waals surface area contributed by atoms with Crippen molar-refractivity contribution in [3.63, 3.8) is 0 Å². The van der Waals surface area contributed by atoms with E-state index in [9.17, 15) is 13.2 Å². The number of carbonyl (C=O) groups is 1. The minimum atomic E-state index is -3.61. The number of H-pyrrole nitrogens is 1. The third kappa shape index (κ3) is 3.24. The van der Waals surface area contributed by atoms with Gasteiger partial charge in [0.25, 0.3) is 5.91 Å². The highest BCUT2D eigenvalue weighted by Crippen LogP contribution is 2.23. The number of nitrogens with zero attached hydrogens (tertiary/aromatic N) is 3. The highest BCUT2D eigenvalue weighted by Gasteiger charge is 2.30. The van der Waals surface area contributed by atoms with E-state index in [1.54, 1.807) is 41.6 Å². The molecule has 0 unspecified atom stereocenters. The van der Waals surface area contributed by atoms with E-state index in [0.29, 0.717) is 18.7 Å². The molecule has 4 aromatic rings. The number of imidazole rings is 1. The lowest BCUT2D eigenvalue weighted by atomic mass is 10.1. The van der Waals surface area contributed by atoms with Gasteiger partial charge in [-0.05, 0) is 41.1 Å². The van der Waals surface area contributed by atoms with E-state index >= 15 is 0 Å². The molecular weight excluding hydrogens is 400 g/mol. The Morgan fingerprint density at radius 1 is 0.900 bits per heavy atom. The van der Waals surface area contributed by atoms with Crippen LogP contribution in [0.15, 0.2) is 71.9 Å². The summed E-state index contributed by atoms with van der Waals surface area (Å²) in [6.07, 6.45) is 1.59. The smallest absolute Gasteiger partial charge is 0.254 e. The second-order valence-electron chi connectivity index (χ2n) is 7.34. The Bertz CT molecular complexity index is 1360. The van der Waals surface area contributed by atoms with Crippen LogP contribution in [-0.4, -0.2) is 59.7 Å². The molecule has 30 heavy (non-hydrogen) atoms. The van der Waals surface area contributed by atoms with Crippen molar-refractivity contribution >= 4 is 37.7 Å². The number of amides is 1. The van der Waals surface area contributed by atoms with Crippen LogP contribution < -0.4 is 0 Å². The van der Waals surface area contributed by atoms with E-state index in [0.717, 1.165) is 21.8 Å². The number of benzene rings is 3. The fraction of sp³-hybridized carbons (Fsp3) is 0.182. The molecule has 5 rings (SSSR count). The molecule has 1 N–H and O–H groups in total. The molecule has 2 heterocycles. The van der Waals surface area contributed by atoms with E-state index in [2.05, 4.69) is 9.97 Å². The Morgan fingerprint density at radius 2 is 1.67 bits per heavy atom. The average molecular weight is 420 g/mol. The summed E-state index contributed by atoms with van der Waals surface area (Å²) in [6.45, 7) is 1.25. The lowest BCUT2D eigenvalue weighted by Crippen LogP contribution is -2.50. The third-order valence-corrected chi connectivity index (χ3v) is 7.45. The Hall–Kier alpha value is -3.23. The first kappa shape index (κ1) is 18.8. The summed E-state index contributed by atoms with van der Waals surface area (Å²) in [5.74, 6) is -0.103. The van der Waals surface area contributed by atoms with E-state index in [1.165, 1.54) is 4.31 Å². The Kier molecular flexibility index (Phi) is 4.52. The molecular formula is C22H20N4O3S. The van der Waals surface area contributed by atoms with Crippen molar-refractivity contribution in [3.05, 3.63) is 72.6 Å². The lowest BCUT2D eigenvalue weighted by molar-refractivity contribution is 0.0698. The van der Waals surface area contributed by atoms with Crippen molar-refractivity contribution in [3.8, 4) is 0 Å². The van der Waals surface area contributed by atoms with Gasteiger partial charge in [-0.25, -0.2) is 13.4 Å². The van der Waals surface area contributed by atoms with Crippen molar-refractivity contribution in [2.75, 3.05) is 26.2 Å². The third-order valence-electron chi connectivity index (χ3n) is 5.55. The van der Waals surface area contributed by atoms with Crippen molar-refractivity contribution < 1.29 is 13.2 Å². The van der Waals surface area contributed by atoms with E-state index in [-0.39, 0.29) is 23.9 Å². The zero-order chi connectivity index (χ0) is 20.7. The summed E-state index contributed by atoms with van der Waals surface area (Å²) in [5.41, 5.74) is 2.17. The minimum Gasteiger partial charge on any atom is -0.345 e. The van der Waals surface area contributed by atoms with Gasteiger partial charge in [0.15, 0.2) is 0 Å². The molecule has 1 saturated heterocycles. The number of carbonyl (C=O) groups excluding carboxylic acids is 1. The summed E-state index contributed by atoms with van der Waals surface area (Å²) in [5, 5.41) is 1.89. The van der Waals surface area contributed by atoms with E-state index in [1.807, 2.05) is 30.3 Å². The van der Waals surface area contributed by atoms with Gasteiger partial charge in [-0.15, -0.1) is 0 Å². The largest absolute Gasteiger partial charge is 0.345 e. The van der Waals surface area contributed by atoms with Gasteiger partial charge in [0.1, 0.15) is 0 Å². The maximum absolute atomic E-state index is 13.1. The summed E-state index contributed by atoms with van der Waals surface area (Å²) in [7, 11) is -3.61. The second-order valence-corrected chi connectivity index (χ2v) is 9.28. The summed E-state index contributed by atoms with van der Waals surface area (Å²) < 4.78 is 27.7. The molecule has 1 amide bonds. The quantitative estimate of drug-likeness (QED) is 0.552. The lowest BCUT2D eigenvalue weighted by Gasteiger charge is -2.34. The molecule has 0 atom stereocenters. The molecule has 8 heteroatoms. The molecule has 0 aliphatic carbocycles. The van der Waals surface area contributed by atoms with Crippen molar-refractivity contribution in [1.29, 1.82) is 0 Å². The SMILES string of the molecule is O=C(c1ccc2nc[nH]c2c1)N1CCN(S(=O)(=O)c2ccc3ccccc3c2)CC1. The van der Waals surface area contributed by atoms with Gasteiger partial charge in [-0.3, -0.25) is 4.79 Å². The Labute approximate surface area is 174 Å². The van der Waals surface area contributed by atoms with Crippen LogP contribution in [0.25, 0.3) is 21.8 Å². The van der Waals surface area contributed by atoms with Gasteiger partial charge in [-0.2, -0.15) is 4.31 Å². The summed E-state index contributed by atoms with van der Waals surface area (Å²) >= 11 is 0. The van der Waals surface area contributed by atoms with Crippen molar-refractivity contribution in [2.24, 2.45) is 0 Å². The first-order chi connectivity index (χ1) is 14.5. The van der Waals surface area contributed by atoms with Crippen LogP contribution >= 0.6 is 0 Å². The molecule has 1 fully saturated rings. The Morgan fingerprint density at radius 3 is 2.47 bits per heavy atom. The number of aromatic amines is 1. The molecule has 3 aromatic carbocycles. The van der Waals surface area contributed by atoms with Crippen LogP contribution in [0.5, 0.6) is 0 Å². The number of fused-ring (bicyclic) bond motifs is 2. The van der Waals surface area contributed by atoms with E-state index in [4.69, 9.17) is 0 Å². The van der Waals surface area contributed by atoms with Gasteiger partial charge in [0, 0.05) is 31.7 Å². The van der Waals surface area contributed by atoms with Gasteiger partial charge < -0.3 is 9.88 Å². The second kappa shape index (κ2) is 7.23. The maximum Gasteiger partial charge on any atom is 0.254 e. The predicted octanol–water partition coefficient (Wildman–Crippen LogP) is 2.86.